The van der Waals surface area contributed by atoms with Gasteiger partial charge in [-0.3, -0.25) is 0 Å². The van der Waals surface area contributed by atoms with Crippen LogP contribution in [0.25, 0.3) is 0 Å². The predicted molar refractivity (Wildman–Crippen MR) is 71.5 cm³/mol. The van der Waals surface area contributed by atoms with Crippen molar-refractivity contribution in [1.82, 2.24) is 9.55 Å². The first-order valence-electron chi connectivity index (χ1n) is 6.12. The molecule has 2 aromatic rings. The van der Waals surface area contributed by atoms with Crippen LogP contribution in [-0.2, 0) is 6.54 Å². The number of hydrogen-bond acceptors (Lipinski definition) is 4. The molecule has 1 atom stereocenters. The normalized spacial score (nSPS) is 12.2. The number of aliphatic hydroxyl groups excluding tert-OH is 1. The molecule has 0 aliphatic rings. The summed E-state index contributed by atoms with van der Waals surface area (Å²) in [6.07, 6.45) is 2.75. The van der Waals surface area contributed by atoms with Gasteiger partial charge < -0.3 is 19.1 Å². The van der Waals surface area contributed by atoms with E-state index < -0.39 is 6.10 Å². The zero-order valence-corrected chi connectivity index (χ0v) is 11.3. The molecule has 102 valence electrons. The summed E-state index contributed by atoms with van der Waals surface area (Å²) in [7, 11) is 3.15. The molecule has 5 nitrogen and oxygen atoms in total. The van der Waals surface area contributed by atoms with Gasteiger partial charge in [0.1, 0.15) is 11.9 Å². The number of aliphatic hydroxyl groups is 1. The highest BCUT2D eigenvalue weighted by Gasteiger charge is 2.17. The van der Waals surface area contributed by atoms with Crippen LogP contribution in [0.1, 0.15) is 24.4 Å². The molecule has 0 saturated carbocycles. The van der Waals surface area contributed by atoms with E-state index in [0.717, 1.165) is 12.1 Å². The monoisotopic (exact) mass is 262 g/mol. The van der Waals surface area contributed by atoms with Gasteiger partial charge in [-0.25, -0.2) is 4.98 Å². The van der Waals surface area contributed by atoms with Gasteiger partial charge in [-0.15, -0.1) is 0 Å². The van der Waals surface area contributed by atoms with E-state index in [2.05, 4.69) is 4.98 Å². The van der Waals surface area contributed by atoms with Gasteiger partial charge in [-0.05, 0) is 24.6 Å². The third kappa shape index (κ3) is 2.56. The Kier molecular flexibility index (Phi) is 4.06. The largest absolute Gasteiger partial charge is 0.493 e. The Labute approximate surface area is 112 Å². The first-order chi connectivity index (χ1) is 9.21. The molecule has 0 aliphatic carbocycles. The fourth-order valence-corrected chi connectivity index (χ4v) is 2.01. The van der Waals surface area contributed by atoms with Crippen molar-refractivity contribution >= 4 is 0 Å². The van der Waals surface area contributed by atoms with E-state index in [0.29, 0.717) is 17.3 Å². The van der Waals surface area contributed by atoms with Gasteiger partial charge in [0.05, 0.1) is 14.2 Å². The molecule has 0 bridgehead atoms. The summed E-state index contributed by atoms with van der Waals surface area (Å²) in [5, 5.41) is 10.4. The summed E-state index contributed by atoms with van der Waals surface area (Å²) in [5.41, 5.74) is 0.721. The van der Waals surface area contributed by atoms with Crippen molar-refractivity contribution in [3.8, 4) is 11.5 Å². The standard InChI is InChI=1S/C14H18N2O3/c1-4-16-8-7-15-14(16)13(17)10-5-6-11(18-2)12(9-10)19-3/h5-9,13,17H,4H2,1-3H3/t13-/m1/s1. The van der Waals surface area contributed by atoms with Crippen molar-refractivity contribution in [2.45, 2.75) is 19.6 Å². The van der Waals surface area contributed by atoms with Crippen molar-refractivity contribution in [3.63, 3.8) is 0 Å². The molecule has 0 saturated heterocycles. The summed E-state index contributed by atoms with van der Waals surface area (Å²) in [5.74, 6) is 1.85. The van der Waals surface area contributed by atoms with Gasteiger partial charge in [-0.1, -0.05) is 6.07 Å². The minimum atomic E-state index is -0.783. The highest BCUT2D eigenvalue weighted by atomic mass is 16.5. The molecule has 0 spiro atoms. The fourth-order valence-electron chi connectivity index (χ4n) is 2.01. The lowest BCUT2D eigenvalue weighted by atomic mass is 10.1. The fraction of sp³-hybridized carbons (Fsp3) is 0.357. The molecular formula is C14H18N2O3. The van der Waals surface area contributed by atoms with Gasteiger partial charge in [0.25, 0.3) is 0 Å². The maximum absolute atomic E-state index is 10.4. The third-order valence-corrected chi connectivity index (χ3v) is 3.06. The van der Waals surface area contributed by atoms with Crippen molar-refractivity contribution < 1.29 is 14.6 Å². The molecular weight excluding hydrogens is 244 g/mol. The van der Waals surface area contributed by atoms with Gasteiger partial charge in [0, 0.05) is 18.9 Å². The quantitative estimate of drug-likeness (QED) is 0.895. The lowest BCUT2D eigenvalue weighted by Crippen LogP contribution is -2.09. The average Bonchev–Trinajstić information content (AvgIpc) is 2.94. The second-order valence-corrected chi connectivity index (χ2v) is 4.09. The molecule has 5 heteroatoms. The molecule has 0 fully saturated rings. The maximum atomic E-state index is 10.4. The molecule has 0 amide bonds. The Hall–Kier alpha value is -2.01. The van der Waals surface area contributed by atoms with Crippen LogP contribution in [0.4, 0.5) is 0 Å². The molecule has 1 N–H and O–H groups in total. The number of aromatic nitrogens is 2. The van der Waals surface area contributed by atoms with Crippen LogP contribution in [0.3, 0.4) is 0 Å². The van der Waals surface area contributed by atoms with Gasteiger partial charge >= 0.3 is 0 Å². The van der Waals surface area contributed by atoms with Crippen LogP contribution < -0.4 is 9.47 Å². The van der Waals surface area contributed by atoms with Gasteiger partial charge in [-0.2, -0.15) is 0 Å². The molecule has 0 unspecified atom stereocenters. The lowest BCUT2D eigenvalue weighted by molar-refractivity contribution is 0.204. The highest BCUT2D eigenvalue weighted by molar-refractivity contribution is 5.44. The smallest absolute Gasteiger partial charge is 0.161 e. The number of methoxy groups -OCH3 is 2. The van der Waals surface area contributed by atoms with Crippen LogP contribution >= 0.6 is 0 Å². The number of aryl methyl sites for hydroxylation is 1. The van der Waals surface area contributed by atoms with Crippen LogP contribution in [0.5, 0.6) is 11.5 Å². The Morgan fingerprint density at radius 3 is 2.63 bits per heavy atom. The Bertz CT molecular complexity index is 551. The zero-order chi connectivity index (χ0) is 13.8. The second-order valence-electron chi connectivity index (χ2n) is 4.09. The minimum Gasteiger partial charge on any atom is -0.493 e. The molecule has 19 heavy (non-hydrogen) atoms. The molecule has 0 aliphatic heterocycles. The van der Waals surface area contributed by atoms with Crippen LogP contribution in [0.15, 0.2) is 30.6 Å². The minimum absolute atomic E-state index is 0.591. The summed E-state index contributed by atoms with van der Waals surface area (Å²) >= 11 is 0. The van der Waals surface area contributed by atoms with Crippen LogP contribution in [0.2, 0.25) is 0 Å². The van der Waals surface area contributed by atoms with E-state index in [1.54, 1.807) is 38.6 Å². The zero-order valence-electron chi connectivity index (χ0n) is 11.3. The second kappa shape index (κ2) is 5.75. The van der Waals surface area contributed by atoms with Crippen molar-refractivity contribution in [3.05, 3.63) is 42.0 Å². The summed E-state index contributed by atoms with van der Waals surface area (Å²) in [6, 6.07) is 5.34. The Balaban J connectivity index is 2.36. The first-order valence-corrected chi connectivity index (χ1v) is 6.12. The average molecular weight is 262 g/mol. The van der Waals surface area contributed by atoms with E-state index in [9.17, 15) is 5.11 Å². The number of ether oxygens (including phenoxy) is 2. The summed E-state index contributed by atoms with van der Waals surface area (Å²) in [6.45, 7) is 2.77. The number of rotatable bonds is 5. The molecule has 0 radical (unpaired) electrons. The lowest BCUT2D eigenvalue weighted by Gasteiger charge is -2.15. The van der Waals surface area contributed by atoms with E-state index in [1.165, 1.54) is 0 Å². The number of imidazole rings is 1. The van der Waals surface area contributed by atoms with Crippen LogP contribution in [-0.4, -0.2) is 28.9 Å². The van der Waals surface area contributed by atoms with Crippen LogP contribution in [0, 0.1) is 0 Å². The van der Waals surface area contributed by atoms with Gasteiger partial charge in [0.15, 0.2) is 11.5 Å². The Morgan fingerprint density at radius 2 is 2.00 bits per heavy atom. The molecule has 1 aromatic heterocycles. The van der Waals surface area contributed by atoms with E-state index >= 15 is 0 Å². The number of nitrogens with zero attached hydrogens (tertiary/aromatic N) is 2. The van der Waals surface area contributed by atoms with E-state index in [4.69, 9.17) is 9.47 Å². The molecule has 2 rings (SSSR count). The highest BCUT2D eigenvalue weighted by Crippen LogP contribution is 2.31. The third-order valence-electron chi connectivity index (χ3n) is 3.06. The van der Waals surface area contributed by atoms with Crippen molar-refractivity contribution in [2.75, 3.05) is 14.2 Å². The molecule has 1 heterocycles. The Morgan fingerprint density at radius 1 is 1.26 bits per heavy atom. The topological polar surface area (TPSA) is 56.5 Å². The van der Waals surface area contributed by atoms with E-state index in [-0.39, 0.29) is 0 Å². The summed E-state index contributed by atoms with van der Waals surface area (Å²) < 4.78 is 12.3. The summed E-state index contributed by atoms with van der Waals surface area (Å²) in [4.78, 5) is 4.20. The molecule has 1 aromatic carbocycles. The van der Waals surface area contributed by atoms with E-state index in [1.807, 2.05) is 17.7 Å². The number of benzene rings is 1. The number of hydrogen-bond donors (Lipinski definition) is 1. The van der Waals surface area contributed by atoms with Crippen molar-refractivity contribution in [2.24, 2.45) is 0 Å². The van der Waals surface area contributed by atoms with Crippen molar-refractivity contribution in [1.29, 1.82) is 0 Å². The maximum Gasteiger partial charge on any atom is 0.161 e. The SMILES string of the molecule is CCn1ccnc1[C@H](O)c1ccc(OC)c(OC)c1. The predicted octanol–water partition coefficient (Wildman–Crippen LogP) is 2.00. The first kappa shape index (κ1) is 13.4. The van der Waals surface area contributed by atoms with Gasteiger partial charge in [0.2, 0.25) is 0 Å².